The molecule has 3 rings (SSSR count). The van der Waals surface area contributed by atoms with Crippen molar-refractivity contribution in [3.05, 3.63) is 64.1 Å². The van der Waals surface area contributed by atoms with Gasteiger partial charge in [0, 0.05) is 12.5 Å². The highest BCUT2D eigenvalue weighted by atomic mass is 35.5. The van der Waals surface area contributed by atoms with Crippen LogP contribution in [-0.4, -0.2) is 23.9 Å². The topological polar surface area (TPSA) is 32.3 Å². The van der Waals surface area contributed by atoms with Crippen LogP contribution in [0.25, 0.3) is 0 Å². The smallest absolute Gasteiger partial charge is 0.227 e. The van der Waals surface area contributed by atoms with Crippen molar-refractivity contribution in [1.29, 1.82) is 0 Å². The monoisotopic (exact) mass is 362 g/mol. The number of rotatable bonds is 4. The number of hydrogen-bond acceptors (Lipinski definition) is 2. The number of benzene rings is 2. The van der Waals surface area contributed by atoms with Crippen molar-refractivity contribution in [2.45, 2.75) is 19.4 Å². The second kappa shape index (κ2) is 8.02. The van der Waals surface area contributed by atoms with Gasteiger partial charge >= 0.3 is 0 Å². The summed E-state index contributed by atoms with van der Waals surface area (Å²) in [6.45, 7) is 2.79. The molecule has 1 heterocycles. The summed E-state index contributed by atoms with van der Waals surface area (Å²) in [6.07, 6.45) is 1.72. The van der Waals surface area contributed by atoms with Crippen LogP contribution >= 0.6 is 23.2 Å². The first-order chi connectivity index (χ1) is 11.6. The highest BCUT2D eigenvalue weighted by Crippen LogP contribution is 2.30. The van der Waals surface area contributed by atoms with Crippen LogP contribution in [0.1, 0.15) is 18.4 Å². The van der Waals surface area contributed by atoms with Crippen molar-refractivity contribution in [1.82, 2.24) is 4.90 Å². The number of halogens is 2. The Labute approximate surface area is 152 Å². The van der Waals surface area contributed by atoms with Crippen molar-refractivity contribution in [3.63, 3.8) is 0 Å². The summed E-state index contributed by atoms with van der Waals surface area (Å²) < 4.78 is 0. The Balaban J connectivity index is 1.52. The molecular formula is C19H20Cl2N2O. The molecule has 0 aromatic heterocycles. The van der Waals surface area contributed by atoms with E-state index in [-0.39, 0.29) is 11.8 Å². The van der Waals surface area contributed by atoms with E-state index in [0.29, 0.717) is 15.7 Å². The van der Waals surface area contributed by atoms with E-state index in [0.717, 1.165) is 32.5 Å². The molecule has 0 bridgehead atoms. The number of nitrogens with zero attached hydrogens (tertiary/aromatic N) is 1. The third-order valence-corrected chi connectivity index (χ3v) is 5.24. The summed E-state index contributed by atoms with van der Waals surface area (Å²) in [4.78, 5) is 14.9. The molecule has 1 N–H and O–H groups in total. The van der Waals surface area contributed by atoms with Gasteiger partial charge in [0.2, 0.25) is 5.91 Å². The average Bonchev–Trinajstić information content (AvgIpc) is 2.60. The Morgan fingerprint density at radius 2 is 1.75 bits per heavy atom. The van der Waals surface area contributed by atoms with Gasteiger partial charge in [-0.25, -0.2) is 0 Å². The molecule has 126 valence electrons. The van der Waals surface area contributed by atoms with Crippen molar-refractivity contribution in [2.24, 2.45) is 5.92 Å². The summed E-state index contributed by atoms with van der Waals surface area (Å²) in [5.74, 6) is 0.0469. The molecule has 24 heavy (non-hydrogen) atoms. The van der Waals surface area contributed by atoms with E-state index in [9.17, 15) is 4.79 Å². The van der Waals surface area contributed by atoms with E-state index in [1.54, 1.807) is 18.2 Å². The minimum absolute atomic E-state index is 0.0204. The number of amides is 1. The lowest BCUT2D eigenvalue weighted by atomic mass is 9.95. The number of nitrogens with one attached hydrogen (secondary N) is 1. The Morgan fingerprint density at radius 3 is 2.46 bits per heavy atom. The first kappa shape index (κ1) is 17.3. The molecule has 0 aliphatic carbocycles. The zero-order chi connectivity index (χ0) is 16.9. The zero-order valence-electron chi connectivity index (χ0n) is 13.3. The molecule has 3 nitrogen and oxygen atoms in total. The molecule has 5 heteroatoms. The lowest BCUT2D eigenvalue weighted by Crippen LogP contribution is -2.37. The molecule has 0 spiro atoms. The summed E-state index contributed by atoms with van der Waals surface area (Å²) >= 11 is 12.1. The number of likely N-dealkylation sites (tertiary alicyclic amines) is 1. The van der Waals surface area contributed by atoms with Crippen LogP contribution in [0, 0.1) is 5.92 Å². The third-order valence-electron chi connectivity index (χ3n) is 4.42. The maximum Gasteiger partial charge on any atom is 0.227 e. The predicted molar refractivity (Wildman–Crippen MR) is 99.5 cm³/mol. The molecule has 1 amide bonds. The normalized spacial score (nSPS) is 16.1. The van der Waals surface area contributed by atoms with Gasteiger partial charge in [-0.05, 0) is 43.6 Å². The van der Waals surface area contributed by atoms with Crippen LogP contribution < -0.4 is 5.32 Å². The molecule has 1 aliphatic heterocycles. The van der Waals surface area contributed by atoms with Gasteiger partial charge in [-0.1, -0.05) is 59.6 Å². The maximum absolute atomic E-state index is 12.5. The van der Waals surface area contributed by atoms with E-state index >= 15 is 0 Å². The fourth-order valence-electron chi connectivity index (χ4n) is 3.03. The minimum Gasteiger partial charge on any atom is -0.324 e. The predicted octanol–water partition coefficient (Wildman–Crippen LogP) is 4.84. The van der Waals surface area contributed by atoms with E-state index in [1.165, 1.54) is 5.56 Å². The largest absolute Gasteiger partial charge is 0.324 e. The number of hydrogen-bond donors (Lipinski definition) is 1. The van der Waals surface area contributed by atoms with Crippen molar-refractivity contribution >= 4 is 34.8 Å². The average molecular weight is 363 g/mol. The molecule has 0 radical (unpaired) electrons. The lowest BCUT2D eigenvalue weighted by Gasteiger charge is -2.31. The van der Waals surface area contributed by atoms with E-state index in [4.69, 9.17) is 23.2 Å². The Morgan fingerprint density at radius 1 is 1.04 bits per heavy atom. The minimum atomic E-state index is 0.0204. The number of piperidine rings is 1. The molecule has 2 aromatic rings. The van der Waals surface area contributed by atoms with E-state index in [1.807, 2.05) is 6.07 Å². The Hall–Kier alpha value is -1.55. The summed E-state index contributed by atoms with van der Waals surface area (Å²) in [5.41, 5.74) is 1.90. The van der Waals surface area contributed by atoms with Gasteiger partial charge in [0.25, 0.3) is 0 Å². The molecule has 1 saturated heterocycles. The van der Waals surface area contributed by atoms with Gasteiger partial charge in [0.1, 0.15) is 0 Å². The fourth-order valence-corrected chi connectivity index (χ4v) is 3.38. The number of anilines is 1. The summed E-state index contributed by atoms with van der Waals surface area (Å²) in [5, 5.41) is 3.76. The van der Waals surface area contributed by atoms with Crippen LogP contribution in [-0.2, 0) is 11.3 Å². The first-order valence-corrected chi connectivity index (χ1v) is 8.90. The van der Waals surface area contributed by atoms with Crippen molar-refractivity contribution < 1.29 is 4.79 Å². The van der Waals surface area contributed by atoms with Crippen LogP contribution in [0.15, 0.2) is 48.5 Å². The van der Waals surface area contributed by atoms with Crippen LogP contribution in [0.3, 0.4) is 0 Å². The number of carbonyl (C=O) groups excluding carboxylic acids is 1. The second-order valence-electron chi connectivity index (χ2n) is 6.13. The van der Waals surface area contributed by atoms with Gasteiger partial charge in [-0.2, -0.15) is 0 Å². The molecule has 0 atom stereocenters. The van der Waals surface area contributed by atoms with Gasteiger partial charge in [0.15, 0.2) is 0 Å². The first-order valence-electron chi connectivity index (χ1n) is 8.14. The SMILES string of the molecule is O=C(Nc1cccc(Cl)c1Cl)C1CCN(Cc2ccccc2)CC1. The van der Waals surface area contributed by atoms with Gasteiger partial charge in [-0.3, -0.25) is 9.69 Å². The Bertz CT molecular complexity index is 698. The van der Waals surface area contributed by atoms with Crippen LogP contribution in [0.5, 0.6) is 0 Å². The highest BCUT2D eigenvalue weighted by molar-refractivity contribution is 6.44. The second-order valence-corrected chi connectivity index (χ2v) is 6.91. The standard InChI is InChI=1S/C19H20Cl2N2O/c20-16-7-4-8-17(18(16)21)22-19(24)15-9-11-23(12-10-15)13-14-5-2-1-3-6-14/h1-8,15H,9-13H2,(H,22,24). The van der Waals surface area contributed by atoms with Crippen molar-refractivity contribution in [2.75, 3.05) is 18.4 Å². The fraction of sp³-hybridized carbons (Fsp3) is 0.316. The van der Waals surface area contributed by atoms with Gasteiger partial charge in [-0.15, -0.1) is 0 Å². The van der Waals surface area contributed by atoms with Crippen LogP contribution in [0.2, 0.25) is 10.0 Å². The Kier molecular flexibility index (Phi) is 5.77. The molecule has 0 saturated carbocycles. The zero-order valence-corrected chi connectivity index (χ0v) is 14.9. The molecule has 2 aromatic carbocycles. The third kappa shape index (κ3) is 4.29. The molecular weight excluding hydrogens is 343 g/mol. The lowest BCUT2D eigenvalue weighted by molar-refractivity contribution is -0.121. The van der Waals surface area contributed by atoms with E-state index < -0.39 is 0 Å². The maximum atomic E-state index is 12.5. The quantitative estimate of drug-likeness (QED) is 0.843. The summed E-state index contributed by atoms with van der Waals surface area (Å²) in [7, 11) is 0. The molecule has 1 fully saturated rings. The molecule has 0 unspecified atom stereocenters. The van der Waals surface area contributed by atoms with Crippen molar-refractivity contribution in [3.8, 4) is 0 Å². The molecule has 1 aliphatic rings. The summed E-state index contributed by atoms with van der Waals surface area (Å²) in [6, 6.07) is 15.7. The number of carbonyl (C=O) groups is 1. The van der Waals surface area contributed by atoms with E-state index in [2.05, 4.69) is 34.5 Å². The van der Waals surface area contributed by atoms with Gasteiger partial charge < -0.3 is 5.32 Å². The van der Waals surface area contributed by atoms with Gasteiger partial charge in [0.05, 0.1) is 15.7 Å². The van der Waals surface area contributed by atoms with Crippen LogP contribution in [0.4, 0.5) is 5.69 Å². The highest BCUT2D eigenvalue weighted by Gasteiger charge is 2.25.